The fourth-order valence-corrected chi connectivity index (χ4v) is 5.39. The Morgan fingerprint density at radius 1 is 0.925 bits per heavy atom. The first-order valence-corrected chi connectivity index (χ1v) is 14.0. The molecule has 40 heavy (non-hydrogen) atoms. The van der Waals surface area contributed by atoms with Crippen molar-refractivity contribution in [2.24, 2.45) is 5.92 Å². The third kappa shape index (κ3) is 6.53. The van der Waals surface area contributed by atoms with Crippen molar-refractivity contribution in [2.45, 2.75) is 71.3 Å². The van der Waals surface area contributed by atoms with E-state index in [0.29, 0.717) is 41.4 Å². The van der Waals surface area contributed by atoms with Crippen LogP contribution in [0.1, 0.15) is 94.6 Å². The van der Waals surface area contributed by atoms with Crippen molar-refractivity contribution < 1.29 is 28.6 Å². The van der Waals surface area contributed by atoms with Gasteiger partial charge in [-0.25, -0.2) is 9.59 Å². The molecule has 0 bridgehead atoms. The molecule has 1 aliphatic heterocycles. The van der Waals surface area contributed by atoms with Crippen molar-refractivity contribution in [1.29, 1.82) is 0 Å². The van der Waals surface area contributed by atoms with Crippen LogP contribution in [0.3, 0.4) is 0 Å². The van der Waals surface area contributed by atoms with Crippen molar-refractivity contribution in [3.8, 4) is 5.75 Å². The smallest absolute Gasteiger partial charge is 0.346 e. The van der Waals surface area contributed by atoms with Gasteiger partial charge in [-0.3, -0.25) is 4.79 Å². The van der Waals surface area contributed by atoms with Gasteiger partial charge in [-0.15, -0.1) is 0 Å². The average Bonchev–Trinajstić information content (AvgIpc) is 3.47. The van der Waals surface area contributed by atoms with Crippen LogP contribution < -0.4 is 10.1 Å². The highest BCUT2D eigenvalue weighted by Gasteiger charge is 2.38. The van der Waals surface area contributed by atoms with Crippen LogP contribution in [0.25, 0.3) is 0 Å². The predicted molar refractivity (Wildman–Crippen MR) is 151 cm³/mol. The summed E-state index contributed by atoms with van der Waals surface area (Å²) in [6, 6.07) is 20.1. The molecular weight excluding hydrogens is 506 g/mol. The number of benzene rings is 3. The molecule has 0 amide bonds. The van der Waals surface area contributed by atoms with Gasteiger partial charge in [0.25, 0.3) is 0 Å². The third-order valence-electron chi connectivity index (χ3n) is 7.48. The summed E-state index contributed by atoms with van der Waals surface area (Å²) in [5.41, 5.74) is 3.34. The molecule has 208 valence electrons. The summed E-state index contributed by atoms with van der Waals surface area (Å²) < 4.78 is 16.8. The fourth-order valence-electron chi connectivity index (χ4n) is 5.39. The van der Waals surface area contributed by atoms with Gasteiger partial charge in [0, 0.05) is 32.5 Å². The normalized spacial score (nSPS) is 16.0. The molecule has 1 N–H and O–H groups in total. The Bertz CT molecular complexity index is 1370. The van der Waals surface area contributed by atoms with Crippen LogP contribution in [0, 0.1) is 5.92 Å². The zero-order valence-corrected chi connectivity index (χ0v) is 23.0. The molecule has 0 atom stereocenters. The minimum atomic E-state index is -1.10. The lowest BCUT2D eigenvalue weighted by atomic mass is 9.93. The van der Waals surface area contributed by atoms with Gasteiger partial charge in [0.1, 0.15) is 17.9 Å². The molecule has 3 aromatic rings. The van der Waals surface area contributed by atoms with Crippen molar-refractivity contribution in [1.82, 2.24) is 0 Å². The predicted octanol–water partition coefficient (Wildman–Crippen LogP) is 7.09. The Kier molecular flexibility index (Phi) is 8.19. The van der Waals surface area contributed by atoms with E-state index in [1.807, 2.05) is 42.5 Å². The first kappa shape index (κ1) is 27.4. The Labute approximate surface area is 234 Å². The van der Waals surface area contributed by atoms with Gasteiger partial charge in [-0.2, -0.15) is 0 Å². The number of ether oxygens (including phenoxy) is 3. The summed E-state index contributed by atoms with van der Waals surface area (Å²) in [7, 11) is 0. The SMILES string of the molecule is CC1(C)OC(=O)c2c(ccc(NCc3ccc(C(=O)OCc4ccccc4)cc3)c2C(=O)CCC2CCCC2)O1. The molecule has 0 saturated heterocycles. The van der Waals surface area contributed by atoms with Crippen LogP contribution in [0.5, 0.6) is 5.75 Å². The molecule has 0 spiro atoms. The highest BCUT2D eigenvalue weighted by Crippen LogP contribution is 2.38. The van der Waals surface area contributed by atoms with Crippen molar-refractivity contribution in [3.05, 3.63) is 94.5 Å². The zero-order chi connectivity index (χ0) is 28.1. The summed E-state index contributed by atoms with van der Waals surface area (Å²) in [5, 5.41) is 3.32. The second-order valence-corrected chi connectivity index (χ2v) is 11.0. The van der Waals surface area contributed by atoms with Crippen molar-refractivity contribution in [2.75, 3.05) is 5.32 Å². The highest BCUT2D eigenvalue weighted by molar-refractivity contribution is 6.12. The number of Topliss-reactive ketones (excluding diaryl/α,β-unsaturated/α-hetero) is 1. The summed E-state index contributed by atoms with van der Waals surface area (Å²) in [4.78, 5) is 39.0. The number of esters is 2. The number of anilines is 1. The van der Waals surface area contributed by atoms with Crippen LogP contribution in [0.15, 0.2) is 66.7 Å². The Balaban J connectivity index is 1.29. The molecule has 0 radical (unpaired) electrons. The number of fused-ring (bicyclic) bond motifs is 1. The molecule has 1 aliphatic carbocycles. The lowest BCUT2D eigenvalue weighted by molar-refractivity contribution is -0.127. The van der Waals surface area contributed by atoms with Crippen molar-refractivity contribution >= 4 is 23.4 Å². The topological polar surface area (TPSA) is 90.9 Å². The van der Waals surface area contributed by atoms with Crippen LogP contribution in [-0.4, -0.2) is 23.5 Å². The monoisotopic (exact) mass is 541 g/mol. The second kappa shape index (κ2) is 11.9. The number of ketones is 1. The van der Waals surface area contributed by atoms with E-state index in [9.17, 15) is 14.4 Å². The number of carbonyl (C=O) groups excluding carboxylic acids is 3. The Morgan fingerprint density at radius 2 is 1.65 bits per heavy atom. The largest absolute Gasteiger partial charge is 0.457 e. The quantitative estimate of drug-likeness (QED) is 0.216. The van der Waals surface area contributed by atoms with E-state index in [2.05, 4.69) is 5.32 Å². The van der Waals surface area contributed by atoms with Crippen LogP contribution in [0.2, 0.25) is 0 Å². The number of nitrogens with one attached hydrogen (secondary N) is 1. The molecule has 1 fully saturated rings. The first-order chi connectivity index (χ1) is 19.3. The molecule has 1 saturated carbocycles. The van der Waals surface area contributed by atoms with Gasteiger partial charge in [0.2, 0.25) is 5.79 Å². The summed E-state index contributed by atoms with van der Waals surface area (Å²) in [6.07, 6.45) is 5.91. The van der Waals surface area contributed by atoms with Gasteiger partial charge < -0.3 is 19.5 Å². The van der Waals surface area contributed by atoms with E-state index in [1.165, 1.54) is 12.8 Å². The number of rotatable bonds is 10. The zero-order valence-electron chi connectivity index (χ0n) is 23.0. The maximum atomic E-state index is 13.5. The molecule has 1 heterocycles. The first-order valence-electron chi connectivity index (χ1n) is 14.0. The van der Waals surface area contributed by atoms with E-state index < -0.39 is 17.7 Å². The minimum absolute atomic E-state index is 0.0944. The lowest BCUT2D eigenvalue weighted by Gasteiger charge is -2.33. The van der Waals surface area contributed by atoms with Crippen LogP contribution in [-0.2, 0) is 22.6 Å². The number of carbonyl (C=O) groups is 3. The second-order valence-electron chi connectivity index (χ2n) is 11.0. The highest BCUT2D eigenvalue weighted by atomic mass is 16.7. The Hall–Kier alpha value is -4.13. The molecule has 7 nitrogen and oxygen atoms in total. The van der Waals surface area contributed by atoms with Crippen LogP contribution in [0.4, 0.5) is 5.69 Å². The molecule has 2 aliphatic rings. The minimum Gasteiger partial charge on any atom is -0.457 e. The van der Waals surface area contributed by atoms with Gasteiger partial charge in [0.15, 0.2) is 5.78 Å². The van der Waals surface area contributed by atoms with Gasteiger partial charge >= 0.3 is 11.9 Å². The standard InChI is InChI=1S/C33H35NO6/c1-33(2)39-28-19-17-26(29(30(28)32(37)40-33)27(35)18-14-22-8-6-7-9-22)34-20-23-12-15-25(16-13-23)31(36)38-21-24-10-4-3-5-11-24/h3-5,10-13,15-17,19,22,34H,6-9,14,18,20-21H2,1-2H3. The van der Waals surface area contributed by atoms with E-state index in [0.717, 1.165) is 30.4 Å². The maximum Gasteiger partial charge on any atom is 0.346 e. The van der Waals surface area contributed by atoms with E-state index >= 15 is 0 Å². The molecular formula is C33H35NO6. The third-order valence-corrected chi connectivity index (χ3v) is 7.48. The van der Waals surface area contributed by atoms with Gasteiger partial charge in [0.05, 0.1) is 11.1 Å². The summed E-state index contributed by atoms with van der Waals surface area (Å²) in [6.45, 7) is 3.94. The number of hydrogen-bond donors (Lipinski definition) is 1. The van der Waals surface area contributed by atoms with Gasteiger partial charge in [-0.1, -0.05) is 68.1 Å². The number of cyclic esters (lactones) is 1. The molecule has 0 unspecified atom stereocenters. The van der Waals surface area contributed by atoms with Crippen LogP contribution >= 0.6 is 0 Å². The Morgan fingerprint density at radius 3 is 2.38 bits per heavy atom. The average molecular weight is 542 g/mol. The molecule has 7 heteroatoms. The lowest BCUT2D eigenvalue weighted by Crippen LogP contribution is -2.39. The number of hydrogen-bond acceptors (Lipinski definition) is 7. The van der Waals surface area contributed by atoms with E-state index in [-0.39, 0.29) is 18.0 Å². The van der Waals surface area contributed by atoms with Crippen molar-refractivity contribution in [3.63, 3.8) is 0 Å². The summed E-state index contributed by atoms with van der Waals surface area (Å²) >= 11 is 0. The van der Waals surface area contributed by atoms with E-state index in [1.54, 1.807) is 38.1 Å². The van der Waals surface area contributed by atoms with E-state index in [4.69, 9.17) is 14.2 Å². The fraction of sp³-hybridized carbons (Fsp3) is 0.364. The maximum absolute atomic E-state index is 13.5. The molecule has 5 rings (SSSR count). The summed E-state index contributed by atoms with van der Waals surface area (Å²) in [5.74, 6) is -1.24. The molecule has 3 aromatic carbocycles. The molecule has 0 aromatic heterocycles. The van der Waals surface area contributed by atoms with Gasteiger partial charge in [-0.05, 0) is 47.7 Å².